The predicted octanol–water partition coefficient (Wildman–Crippen LogP) is 2.32. The van der Waals surface area contributed by atoms with E-state index in [1.807, 2.05) is 0 Å². The lowest BCUT2D eigenvalue weighted by molar-refractivity contribution is -0.0652. The van der Waals surface area contributed by atoms with Crippen LogP contribution in [0.4, 0.5) is 0 Å². The number of hydrogen-bond acceptors (Lipinski definition) is 3. The van der Waals surface area contributed by atoms with Gasteiger partial charge in [0.05, 0.1) is 11.7 Å². The summed E-state index contributed by atoms with van der Waals surface area (Å²) in [5.41, 5.74) is 5.45. The first-order valence-electron chi connectivity index (χ1n) is 7.27. The van der Waals surface area contributed by atoms with Crippen molar-refractivity contribution in [1.82, 2.24) is 0 Å². The van der Waals surface area contributed by atoms with Gasteiger partial charge in [-0.15, -0.1) is 0 Å². The van der Waals surface area contributed by atoms with Gasteiger partial charge in [-0.2, -0.15) is 0 Å². The zero-order chi connectivity index (χ0) is 13.6. The molecular formula is C15H29NO2. The Hall–Kier alpha value is -0.120. The fourth-order valence-corrected chi connectivity index (χ4v) is 3.91. The second-order valence-corrected chi connectivity index (χ2v) is 7.42. The molecule has 0 amide bonds. The molecule has 3 nitrogen and oxygen atoms in total. The Labute approximate surface area is 111 Å². The number of nitrogens with two attached hydrogens (primary N) is 1. The van der Waals surface area contributed by atoms with Crippen molar-refractivity contribution in [2.75, 3.05) is 13.2 Å². The molecule has 0 aliphatic heterocycles. The summed E-state index contributed by atoms with van der Waals surface area (Å²) in [4.78, 5) is 0. The van der Waals surface area contributed by atoms with Gasteiger partial charge in [0.2, 0.25) is 0 Å². The van der Waals surface area contributed by atoms with Crippen LogP contribution in [0.15, 0.2) is 0 Å². The molecule has 106 valence electrons. The smallest absolute Gasteiger partial charge is 0.0763 e. The molecule has 3 heteroatoms. The van der Waals surface area contributed by atoms with Crippen LogP contribution < -0.4 is 5.73 Å². The number of ether oxygens (including phenoxy) is 1. The predicted molar refractivity (Wildman–Crippen MR) is 73.3 cm³/mol. The molecule has 0 heterocycles. The van der Waals surface area contributed by atoms with Gasteiger partial charge in [-0.25, -0.2) is 0 Å². The van der Waals surface area contributed by atoms with Crippen LogP contribution in [0.1, 0.15) is 53.4 Å². The fraction of sp³-hybridized carbons (Fsp3) is 1.00. The second-order valence-electron chi connectivity index (χ2n) is 7.42. The van der Waals surface area contributed by atoms with E-state index in [-0.39, 0.29) is 0 Å². The van der Waals surface area contributed by atoms with Gasteiger partial charge in [-0.3, -0.25) is 0 Å². The number of hydrogen-bond donors (Lipinski definition) is 2. The largest absolute Gasteiger partial charge is 0.389 e. The van der Waals surface area contributed by atoms with Crippen LogP contribution in [-0.4, -0.2) is 30.0 Å². The monoisotopic (exact) mass is 255 g/mol. The van der Waals surface area contributed by atoms with Crippen LogP contribution in [0.25, 0.3) is 0 Å². The number of rotatable bonds is 5. The Morgan fingerprint density at radius 3 is 2.50 bits per heavy atom. The summed E-state index contributed by atoms with van der Waals surface area (Å²) in [6, 6.07) is 0. The maximum absolute atomic E-state index is 9.89. The lowest BCUT2D eigenvalue weighted by atomic mass is 9.70. The summed E-state index contributed by atoms with van der Waals surface area (Å²) < 4.78 is 6.10. The maximum atomic E-state index is 9.89. The summed E-state index contributed by atoms with van der Waals surface area (Å²) >= 11 is 0. The number of fused-ring (bicyclic) bond motifs is 2. The summed E-state index contributed by atoms with van der Waals surface area (Å²) in [5, 5.41) is 9.89. The van der Waals surface area contributed by atoms with E-state index in [9.17, 15) is 5.11 Å². The van der Waals surface area contributed by atoms with E-state index in [4.69, 9.17) is 10.5 Å². The first kappa shape index (κ1) is 14.3. The molecule has 0 aromatic heterocycles. The van der Waals surface area contributed by atoms with E-state index in [0.717, 1.165) is 5.92 Å². The third-order valence-corrected chi connectivity index (χ3v) is 6.11. The minimum absolute atomic E-state index is 0.298. The molecule has 0 aromatic carbocycles. The molecule has 18 heavy (non-hydrogen) atoms. The van der Waals surface area contributed by atoms with Gasteiger partial charge in [0.1, 0.15) is 0 Å². The first-order chi connectivity index (χ1) is 8.23. The maximum Gasteiger partial charge on any atom is 0.0763 e. The van der Waals surface area contributed by atoms with Gasteiger partial charge in [0, 0.05) is 19.6 Å². The Morgan fingerprint density at radius 2 is 2.06 bits per heavy atom. The van der Waals surface area contributed by atoms with E-state index < -0.39 is 5.60 Å². The highest BCUT2D eigenvalue weighted by molar-refractivity contribution is 5.11. The molecule has 2 rings (SSSR count). The summed E-state index contributed by atoms with van der Waals surface area (Å²) in [7, 11) is 0. The van der Waals surface area contributed by atoms with Gasteiger partial charge >= 0.3 is 0 Å². The molecule has 2 aliphatic rings. The SMILES string of the molecule is CC(O)(CN)CCOC1CC2CCC1(C)C2(C)C. The fourth-order valence-electron chi connectivity index (χ4n) is 3.91. The quantitative estimate of drug-likeness (QED) is 0.792. The van der Waals surface area contributed by atoms with E-state index >= 15 is 0 Å². The molecule has 2 bridgehead atoms. The molecule has 4 unspecified atom stereocenters. The molecular weight excluding hydrogens is 226 g/mol. The molecule has 0 saturated heterocycles. The van der Waals surface area contributed by atoms with Crippen LogP contribution in [0.2, 0.25) is 0 Å². The van der Waals surface area contributed by atoms with Crippen LogP contribution in [-0.2, 0) is 4.74 Å². The Bertz CT molecular complexity index is 314. The Morgan fingerprint density at radius 1 is 1.39 bits per heavy atom. The standard InChI is InChI=1S/C15H29NO2/c1-13(2)11-5-6-15(13,4)12(9-11)18-8-7-14(3,17)10-16/h11-12,17H,5-10,16H2,1-4H3. The summed E-state index contributed by atoms with van der Waals surface area (Å²) in [6.45, 7) is 9.86. The van der Waals surface area contributed by atoms with Gasteiger partial charge in [-0.05, 0) is 42.9 Å². The molecule has 2 saturated carbocycles. The highest BCUT2D eigenvalue weighted by Crippen LogP contribution is 2.66. The van der Waals surface area contributed by atoms with Crippen molar-refractivity contribution >= 4 is 0 Å². The second kappa shape index (κ2) is 4.46. The third-order valence-electron chi connectivity index (χ3n) is 6.11. The molecule has 0 spiro atoms. The van der Waals surface area contributed by atoms with Crippen LogP contribution in [0.5, 0.6) is 0 Å². The van der Waals surface area contributed by atoms with Crippen molar-refractivity contribution in [2.24, 2.45) is 22.5 Å². The van der Waals surface area contributed by atoms with Crippen molar-refractivity contribution in [2.45, 2.75) is 65.1 Å². The highest BCUT2D eigenvalue weighted by atomic mass is 16.5. The molecule has 3 N–H and O–H groups in total. The van der Waals surface area contributed by atoms with Gasteiger partial charge in [-0.1, -0.05) is 20.8 Å². The van der Waals surface area contributed by atoms with Crippen molar-refractivity contribution in [1.29, 1.82) is 0 Å². The molecule has 0 radical (unpaired) electrons. The van der Waals surface area contributed by atoms with Crippen molar-refractivity contribution in [3.05, 3.63) is 0 Å². The zero-order valence-corrected chi connectivity index (χ0v) is 12.3. The van der Waals surface area contributed by atoms with E-state index in [2.05, 4.69) is 20.8 Å². The summed E-state index contributed by atoms with van der Waals surface area (Å²) in [6.07, 6.45) is 4.81. The lowest BCUT2D eigenvalue weighted by Crippen LogP contribution is -2.39. The van der Waals surface area contributed by atoms with Gasteiger partial charge < -0.3 is 15.6 Å². The lowest BCUT2D eigenvalue weighted by Gasteiger charge is -2.39. The average Bonchev–Trinajstić information content (AvgIpc) is 2.62. The Balaban J connectivity index is 1.90. The minimum atomic E-state index is -0.784. The molecule has 2 fully saturated rings. The highest BCUT2D eigenvalue weighted by Gasteiger charge is 2.61. The summed E-state index contributed by atoms with van der Waals surface area (Å²) in [5.74, 6) is 0.808. The molecule has 4 atom stereocenters. The van der Waals surface area contributed by atoms with Crippen molar-refractivity contribution in [3.63, 3.8) is 0 Å². The van der Waals surface area contributed by atoms with Crippen molar-refractivity contribution in [3.8, 4) is 0 Å². The first-order valence-corrected chi connectivity index (χ1v) is 7.27. The van der Waals surface area contributed by atoms with Crippen molar-refractivity contribution < 1.29 is 9.84 Å². The van der Waals surface area contributed by atoms with Crippen LogP contribution >= 0.6 is 0 Å². The average molecular weight is 255 g/mol. The van der Waals surface area contributed by atoms with Crippen LogP contribution in [0.3, 0.4) is 0 Å². The molecule has 0 aromatic rings. The topological polar surface area (TPSA) is 55.5 Å². The minimum Gasteiger partial charge on any atom is -0.389 e. The van der Waals surface area contributed by atoms with E-state index in [1.54, 1.807) is 6.92 Å². The van der Waals surface area contributed by atoms with E-state index in [0.29, 0.717) is 36.5 Å². The van der Waals surface area contributed by atoms with Crippen LogP contribution in [0, 0.1) is 16.7 Å². The molecule has 2 aliphatic carbocycles. The van der Waals surface area contributed by atoms with Gasteiger partial charge in [0.25, 0.3) is 0 Å². The normalized spacial score (nSPS) is 41.0. The van der Waals surface area contributed by atoms with E-state index in [1.165, 1.54) is 19.3 Å². The Kier molecular flexibility index (Phi) is 3.54. The third kappa shape index (κ3) is 2.10. The number of aliphatic hydroxyl groups is 1. The van der Waals surface area contributed by atoms with Gasteiger partial charge in [0.15, 0.2) is 0 Å². The zero-order valence-electron chi connectivity index (χ0n) is 12.3.